The van der Waals surface area contributed by atoms with Crippen LogP contribution in [0.15, 0.2) is 12.1 Å². The van der Waals surface area contributed by atoms with Gasteiger partial charge in [-0.3, -0.25) is 4.90 Å². The number of piperidine rings is 1. The molecule has 2 N–H and O–H groups in total. The van der Waals surface area contributed by atoms with Gasteiger partial charge in [-0.15, -0.1) is 0 Å². The first kappa shape index (κ1) is 15.9. The number of rotatable bonds is 5. The van der Waals surface area contributed by atoms with E-state index < -0.39 is 0 Å². The zero-order valence-electron chi connectivity index (χ0n) is 13.4. The van der Waals surface area contributed by atoms with E-state index in [1.807, 2.05) is 12.1 Å². The smallest absolute Gasteiger partial charge is 0.130 e. The predicted molar refractivity (Wildman–Crippen MR) is 83.1 cm³/mol. The molecule has 5 heteroatoms. The van der Waals surface area contributed by atoms with Crippen LogP contribution in [0.4, 0.5) is 0 Å². The first-order valence-corrected chi connectivity index (χ1v) is 7.34. The quantitative estimate of drug-likeness (QED) is 0.898. The molecule has 1 heterocycles. The lowest BCUT2D eigenvalue weighted by atomic mass is 9.96. The van der Waals surface area contributed by atoms with Gasteiger partial charge < -0.3 is 19.9 Å². The molecule has 2 atom stereocenters. The molecule has 1 aliphatic rings. The van der Waals surface area contributed by atoms with Crippen molar-refractivity contribution in [1.29, 1.82) is 0 Å². The maximum Gasteiger partial charge on any atom is 0.130 e. The van der Waals surface area contributed by atoms with Crippen LogP contribution < -0.4 is 19.9 Å². The van der Waals surface area contributed by atoms with E-state index in [1.165, 1.54) is 0 Å². The average molecular weight is 294 g/mol. The number of hydrogen-bond donors (Lipinski definition) is 1. The summed E-state index contributed by atoms with van der Waals surface area (Å²) in [5.74, 6) is 2.93. The van der Waals surface area contributed by atoms with Crippen LogP contribution in [0.3, 0.4) is 0 Å². The number of benzene rings is 1. The van der Waals surface area contributed by atoms with Gasteiger partial charge in [-0.2, -0.15) is 0 Å². The summed E-state index contributed by atoms with van der Waals surface area (Å²) >= 11 is 0. The SMILES string of the molecule is COc1cc(OC)c(CN2CC(C)CC(N)C2)c(OC)c1. The van der Waals surface area contributed by atoms with Crippen LogP contribution in [0, 0.1) is 5.92 Å². The average Bonchev–Trinajstić information content (AvgIpc) is 2.46. The van der Waals surface area contributed by atoms with E-state index in [0.717, 1.165) is 48.9 Å². The number of nitrogens with two attached hydrogens (primary N) is 1. The van der Waals surface area contributed by atoms with Crippen LogP contribution in [-0.4, -0.2) is 45.4 Å². The second-order valence-electron chi connectivity index (χ2n) is 5.81. The Bertz CT molecular complexity index is 444. The molecule has 5 nitrogen and oxygen atoms in total. The van der Waals surface area contributed by atoms with Crippen molar-refractivity contribution in [3.8, 4) is 17.2 Å². The van der Waals surface area contributed by atoms with Crippen molar-refractivity contribution in [2.75, 3.05) is 34.4 Å². The van der Waals surface area contributed by atoms with Crippen molar-refractivity contribution in [2.45, 2.75) is 25.9 Å². The Balaban J connectivity index is 2.25. The first-order valence-electron chi connectivity index (χ1n) is 7.34. The molecular formula is C16H26N2O3. The van der Waals surface area contributed by atoms with Crippen molar-refractivity contribution in [1.82, 2.24) is 4.90 Å². The molecule has 0 saturated carbocycles. The molecule has 0 radical (unpaired) electrons. The van der Waals surface area contributed by atoms with Gasteiger partial charge in [0.15, 0.2) is 0 Å². The van der Waals surface area contributed by atoms with Crippen LogP contribution in [0.2, 0.25) is 0 Å². The van der Waals surface area contributed by atoms with E-state index in [1.54, 1.807) is 21.3 Å². The Hall–Kier alpha value is -1.46. The molecule has 118 valence electrons. The molecule has 21 heavy (non-hydrogen) atoms. The fourth-order valence-electron chi connectivity index (χ4n) is 3.10. The molecule has 1 saturated heterocycles. The lowest BCUT2D eigenvalue weighted by Gasteiger charge is -2.35. The highest BCUT2D eigenvalue weighted by Gasteiger charge is 2.24. The highest BCUT2D eigenvalue weighted by Crippen LogP contribution is 2.35. The lowest BCUT2D eigenvalue weighted by Crippen LogP contribution is -2.45. The third-order valence-electron chi connectivity index (χ3n) is 3.97. The van der Waals surface area contributed by atoms with E-state index in [9.17, 15) is 0 Å². The van der Waals surface area contributed by atoms with Gasteiger partial charge >= 0.3 is 0 Å². The van der Waals surface area contributed by atoms with Crippen LogP contribution >= 0.6 is 0 Å². The van der Waals surface area contributed by atoms with E-state index >= 15 is 0 Å². The minimum absolute atomic E-state index is 0.240. The summed E-state index contributed by atoms with van der Waals surface area (Å²) in [4.78, 5) is 2.37. The van der Waals surface area contributed by atoms with Gasteiger partial charge in [0.1, 0.15) is 17.2 Å². The maximum atomic E-state index is 6.13. The van der Waals surface area contributed by atoms with E-state index in [2.05, 4.69) is 11.8 Å². The van der Waals surface area contributed by atoms with Crippen molar-refractivity contribution >= 4 is 0 Å². The molecule has 2 unspecified atom stereocenters. The molecule has 1 aliphatic heterocycles. The zero-order valence-corrected chi connectivity index (χ0v) is 13.4. The molecule has 2 rings (SSSR count). The largest absolute Gasteiger partial charge is 0.496 e. The van der Waals surface area contributed by atoms with Crippen LogP contribution in [0.25, 0.3) is 0 Å². The van der Waals surface area contributed by atoms with Gasteiger partial charge in [-0.25, -0.2) is 0 Å². The number of methoxy groups -OCH3 is 3. The minimum atomic E-state index is 0.240. The van der Waals surface area contributed by atoms with Gasteiger partial charge in [0.2, 0.25) is 0 Å². The van der Waals surface area contributed by atoms with Crippen molar-refractivity contribution in [3.05, 3.63) is 17.7 Å². The number of likely N-dealkylation sites (tertiary alicyclic amines) is 1. The van der Waals surface area contributed by atoms with Crippen molar-refractivity contribution < 1.29 is 14.2 Å². The lowest BCUT2D eigenvalue weighted by molar-refractivity contribution is 0.155. The van der Waals surface area contributed by atoms with E-state index in [-0.39, 0.29) is 6.04 Å². The third-order valence-corrected chi connectivity index (χ3v) is 3.97. The van der Waals surface area contributed by atoms with Crippen molar-refractivity contribution in [2.24, 2.45) is 11.7 Å². The molecule has 0 spiro atoms. The molecule has 0 aliphatic carbocycles. The summed E-state index contributed by atoms with van der Waals surface area (Å²) in [6.45, 7) is 4.97. The third kappa shape index (κ3) is 3.80. The Morgan fingerprint density at radius 1 is 1.10 bits per heavy atom. The monoisotopic (exact) mass is 294 g/mol. The Labute approximate surface area is 127 Å². The van der Waals surface area contributed by atoms with Gasteiger partial charge in [-0.05, 0) is 12.3 Å². The molecule has 1 fully saturated rings. The summed E-state index contributed by atoms with van der Waals surface area (Å²) in [5.41, 5.74) is 7.18. The molecule has 1 aromatic carbocycles. The first-order chi connectivity index (χ1) is 10.1. The Morgan fingerprint density at radius 3 is 2.19 bits per heavy atom. The number of nitrogens with zero attached hydrogens (tertiary/aromatic N) is 1. The molecule has 0 bridgehead atoms. The van der Waals surface area contributed by atoms with Gasteiger partial charge in [0.05, 0.1) is 26.9 Å². The van der Waals surface area contributed by atoms with Gasteiger partial charge in [0, 0.05) is 37.8 Å². The summed E-state index contributed by atoms with van der Waals surface area (Å²) in [6, 6.07) is 4.03. The van der Waals surface area contributed by atoms with E-state index in [4.69, 9.17) is 19.9 Å². The Kier molecular flexibility index (Phi) is 5.31. The molecular weight excluding hydrogens is 268 g/mol. The summed E-state index contributed by atoms with van der Waals surface area (Å²) < 4.78 is 16.3. The fourth-order valence-corrected chi connectivity index (χ4v) is 3.10. The number of hydrogen-bond acceptors (Lipinski definition) is 5. The number of ether oxygens (including phenoxy) is 3. The topological polar surface area (TPSA) is 57.0 Å². The van der Waals surface area contributed by atoms with Crippen LogP contribution in [0.1, 0.15) is 18.9 Å². The summed E-state index contributed by atoms with van der Waals surface area (Å²) in [6.07, 6.45) is 1.09. The molecule has 1 aromatic rings. The standard InChI is InChI=1S/C16H26N2O3/c1-11-5-12(17)9-18(8-11)10-14-15(20-3)6-13(19-2)7-16(14)21-4/h6-7,11-12H,5,8-10,17H2,1-4H3. The van der Waals surface area contributed by atoms with Crippen LogP contribution in [-0.2, 0) is 6.54 Å². The summed E-state index contributed by atoms with van der Waals surface area (Å²) in [5, 5.41) is 0. The summed E-state index contributed by atoms with van der Waals surface area (Å²) in [7, 11) is 4.98. The van der Waals surface area contributed by atoms with Crippen molar-refractivity contribution in [3.63, 3.8) is 0 Å². The highest BCUT2D eigenvalue weighted by atomic mass is 16.5. The molecule has 0 amide bonds. The van der Waals surface area contributed by atoms with E-state index in [0.29, 0.717) is 5.92 Å². The Morgan fingerprint density at radius 2 is 1.71 bits per heavy atom. The normalized spacial score (nSPS) is 22.9. The fraction of sp³-hybridized carbons (Fsp3) is 0.625. The predicted octanol–water partition coefficient (Wildman–Crippen LogP) is 1.88. The second kappa shape index (κ2) is 7.00. The van der Waals surface area contributed by atoms with Gasteiger partial charge in [0.25, 0.3) is 0 Å². The highest BCUT2D eigenvalue weighted by molar-refractivity contribution is 5.50. The molecule has 0 aromatic heterocycles. The maximum absolute atomic E-state index is 6.13. The van der Waals surface area contributed by atoms with Crippen LogP contribution in [0.5, 0.6) is 17.2 Å². The van der Waals surface area contributed by atoms with Gasteiger partial charge in [-0.1, -0.05) is 6.92 Å². The second-order valence-corrected chi connectivity index (χ2v) is 5.81. The minimum Gasteiger partial charge on any atom is -0.496 e. The zero-order chi connectivity index (χ0) is 15.4.